The van der Waals surface area contributed by atoms with Crippen molar-refractivity contribution in [3.63, 3.8) is 0 Å². The van der Waals surface area contributed by atoms with Crippen molar-refractivity contribution in [3.8, 4) is 11.8 Å². The topological polar surface area (TPSA) is 44.2 Å². The van der Waals surface area contributed by atoms with E-state index in [9.17, 15) is 0 Å². The van der Waals surface area contributed by atoms with E-state index in [0.29, 0.717) is 35.0 Å². The predicted octanol–water partition coefficient (Wildman–Crippen LogP) is 7.50. The molecule has 0 saturated carbocycles. The summed E-state index contributed by atoms with van der Waals surface area (Å²) < 4.78 is 10.7. The quantitative estimate of drug-likeness (QED) is 0.298. The van der Waals surface area contributed by atoms with E-state index in [1.54, 1.807) is 17.8 Å². The number of rotatable bonds is 7. The minimum Gasteiger partial charge on any atom is -0.477 e. The Labute approximate surface area is 192 Å². The SMILES string of the molecule is CCCOc1nc(C)ccc1Cl.CCCOc1nc(SC)ccc1Cl.ClCCl. The molecule has 0 spiro atoms. The van der Waals surface area contributed by atoms with Gasteiger partial charge in [0.2, 0.25) is 11.8 Å². The maximum absolute atomic E-state index is 5.89. The van der Waals surface area contributed by atoms with Crippen LogP contribution >= 0.6 is 58.2 Å². The molecular weight excluding hydrogens is 462 g/mol. The van der Waals surface area contributed by atoms with Crippen LogP contribution in [0, 0.1) is 6.92 Å². The third kappa shape index (κ3) is 12.1. The Morgan fingerprint density at radius 2 is 1.32 bits per heavy atom. The molecule has 28 heavy (non-hydrogen) atoms. The third-order valence-corrected chi connectivity index (χ3v) is 4.06. The second kappa shape index (κ2) is 17.3. The first kappa shape index (κ1) is 27.4. The summed E-state index contributed by atoms with van der Waals surface area (Å²) in [6, 6.07) is 7.35. The van der Waals surface area contributed by atoms with Gasteiger partial charge in [0.05, 0.1) is 23.6 Å². The Morgan fingerprint density at radius 1 is 0.857 bits per heavy atom. The van der Waals surface area contributed by atoms with Crippen molar-refractivity contribution >= 4 is 58.2 Å². The number of aryl methyl sites for hydroxylation is 1. The Bertz CT molecular complexity index is 678. The van der Waals surface area contributed by atoms with E-state index < -0.39 is 0 Å². The maximum Gasteiger partial charge on any atom is 0.233 e. The monoisotopic (exact) mass is 486 g/mol. The summed E-state index contributed by atoms with van der Waals surface area (Å²) in [6.45, 7) is 7.33. The van der Waals surface area contributed by atoms with Gasteiger partial charge >= 0.3 is 0 Å². The molecule has 2 heterocycles. The highest BCUT2D eigenvalue weighted by Gasteiger charge is 2.04. The highest BCUT2D eigenvalue weighted by molar-refractivity contribution is 7.98. The number of aromatic nitrogens is 2. The highest BCUT2D eigenvalue weighted by Crippen LogP contribution is 2.25. The molecule has 2 rings (SSSR count). The van der Waals surface area contributed by atoms with Crippen LogP contribution in [0.4, 0.5) is 0 Å². The number of thioether (sulfide) groups is 1. The summed E-state index contributed by atoms with van der Waals surface area (Å²) in [5.41, 5.74) is 0.922. The molecule has 0 saturated heterocycles. The average molecular weight is 488 g/mol. The van der Waals surface area contributed by atoms with E-state index in [4.69, 9.17) is 55.9 Å². The number of hydrogen-bond acceptors (Lipinski definition) is 5. The van der Waals surface area contributed by atoms with Gasteiger partial charge in [0.25, 0.3) is 0 Å². The molecule has 0 radical (unpaired) electrons. The smallest absolute Gasteiger partial charge is 0.233 e. The molecule has 0 aromatic carbocycles. The van der Waals surface area contributed by atoms with Crippen molar-refractivity contribution in [2.24, 2.45) is 0 Å². The van der Waals surface area contributed by atoms with Gasteiger partial charge in [0.15, 0.2) is 0 Å². The summed E-state index contributed by atoms with van der Waals surface area (Å²) in [5, 5.41) is 2.27. The zero-order valence-electron chi connectivity index (χ0n) is 16.5. The second-order valence-electron chi connectivity index (χ2n) is 5.18. The molecule has 0 unspecified atom stereocenters. The molecule has 0 bridgehead atoms. The Morgan fingerprint density at radius 3 is 1.79 bits per heavy atom. The first-order valence-electron chi connectivity index (χ1n) is 8.64. The second-order valence-corrected chi connectivity index (χ2v) is 7.63. The normalized spacial score (nSPS) is 9.57. The molecule has 2 aromatic rings. The summed E-state index contributed by atoms with van der Waals surface area (Å²) in [5.74, 6) is 1.08. The molecule has 0 amide bonds. The molecule has 158 valence electrons. The van der Waals surface area contributed by atoms with Crippen LogP contribution in [-0.2, 0) is 0 Å². The molecule has 2 aromatic heterocycles. The molecule has 0 aliphatic rings. The van der Waals surface area contributed by atoms with Gasteiger partial charge in [0, 0.05) is 5.69 Å². The van der Waals surface area contributed by atoms with Crippen molar-refractivity contribution in [1.29, 1.82) is 0 Å². The lowest BCUT2D eigenvalue weighted by Gasteiger charge is -2.06. The van der Waals surface area contributed by atoms with Gasteiger partial charge in [-0.2, -0.15) is 0 Å². The van der Waals surface area contributed by atoms with E-state index in [2.05, 4.69) is 9.97 Å². The molecule has 4 nitrogen and oxygen atoms in total. The Kier molecular flexibility index (Phi) is 16.9. The minimum absolute atomic E-state index is 0.194. The van der Waals surface area contributed by atoms with E-state index >= 15 is 0 Å². The lowest BCUT2D eigenvalue weighted by molar-refractivity contribution is 0.303. The van der Waals surface area contributed by atoms with Crippen LogP contribution in [0.5, 0.6) is 11.8 Å². The maximum atomic E-state index is 5.89. The van der Waals surface area contributed by atoms with Crippen molar-refractivity contribution in [1.82, 2.24) is 9.97 Å². The number of nitrogens with zero attached hydrogens (tertiary/aromatic N) is 2. The van der Waals surface area contributed by atoms with Gasteiger partial charge in [-0.3, -0.25) is 0 Å². The lowest BCUT2D eigenvalue weighted by Crippen LogP contribution is -1.98. The molecule has 0 aliphatic carbocycles. The van der Waals surface area contributed by atoms with Crippen LogP contribution in [0.3, 0.4) is 0 Å². The van der Waals surface area contributed by atoms with Crippen molar-refractivity contribution in [2.75, 3.05) is 24.8 Å². The van der Waals surface area contributed by atoms with E-state index in [-0.39, 0.29) is 5.34 Å². The number of ether oxygens (including phenoxy) is 2. The van der Waals surface area contributed by atoms with Crippen LogP contribution in [0.15, 0.2) is 29.3 Å². The van der Waals surface area contributed by atoms with Crippen LogP contribution in [0.1, 0.15) is 32.4 Å². The molecule has 9 heteroatoms. The minimum atomic E-state index is 0.194. The molecule has 0 atom stereocenters. The lowest BCUT2D eigenvalue weighted by atomic mass is 10.4. The number of halogens is 4. The van der Waals surface area contributed by atoms with Crippen LogP contribution in [0.25, 0.3) is 0 Å². The molecule has 0 fully saturated rings. The first-order valence-corrected chi connectivity index (χ1v) is 11.7. The standard InChI is InChI=1S/C9H12ClNOS.C9H12ClNO.CH2Cl2/c1-3-6-12-9-7(10)4-5-8(11-9)13-2;1-3-6-12-9-8(10)5-4-7(2)11-9;2-1-3/h4-5H,3,6H2,1-2H3;4-5H,3,6H2,1-2H3;1H2. The van der Waals surface area contributed by atoms with Crippen molar-refractivity contribution < 1.29 is 9.47 Å². The third-order valence-electron chi connectivity index (χ3n) is 2.84. The Balaban J connectivity index is 0.000000458. The zero-order valence-corrected chi connectivity index (χ0v) is 20.3. The van der Waals surface area contributed by atoms with Crippen LogP contribution in [0.2, 0.25) is 10.0 Å². The van der Waals surface area contributed by atoms with Gasteiger partial charge in [-0.25, -0.2) is 9.97 Å². The van der Waals surface area contributed by atoms with Gasteiger partial charge in [-0.1, -0.05) is 37.0 Å². The molecule has 0 aliphatic heterocycles. The fraction of sp³-hybridized carbons (Fsp3) is 0.474. The summed E-state index contributed by atoms with van der Waals surface area (Å²) >= 11 is 22.8. The molecule has 0 N–H and O–H groups in total. The number of alkyl halides is 2. The summed E-state index contributed by atoms with van der Waals surface area (Å²) in [7, 11) is 0. The van der Waals surface area contributed by atoms with E-state index in [0.717, 1.165) is 23.6 Å². The van der Waals surface area contributed by atoms with E-state index in [1.165, 1.54) is 0 Å². The van der Waals surface area contributed by atoms with Crippen LogP contribution < -0.4 is 9.47 Å². The average Bonchev–Trinajstić information content (AvgIpc) is 2.69. The largest absolute Gasteiger partial charge is 0.477 e. The predicted molar refractivity (Wildman–Crippen MR) is 123 cm³/mol. The number of hydrogen-bond donors (Lipinski definition) is 0. The first-order chi connectivity index (χ1) is 13.4. The fourth-order valence-corrected chi connectivity index (χ4v) is 2.33. The zero-order chi connectivity index (χ0) is 21.4. The fourth-order valence-electron chi connectivity index (χ4n) is 1.64. The van der Waals surface area contributed by atoms with E-state index in [1.807, 2.05) is 45.2 Å². The summed E-state index contributed by atoms with van der Waals surface area (Å²) in [4.78, 5) is 8.39. The van der Waals surface area contributed by atoms with Gasteiger partial charge in [-0.05, 0) is 50.3 Å². The summed E-state index contributed by atoms with van der Waals surface area (Å²) in [6.07, 6.45) is 3.90. The van der Waals surface area contributed by atoms with Gasteiger partial charge in [0.1, 0.15) is 10.0 Å². The van der Waals surface area contributed by atoms with Crippen molar-refractivity contribution in [2.45, 2.75) is 38.6 Å². The molecular formula is C19H26Cl4N2O2S. The Hall–Kier alpha value is -0.590. The van der Waals surface area contributed by atoms with Crippen molar-refractivity contribution in [3.05, 3.63) is 40.0 Å². The van der Waals surface area contributed by atoms with Gasteiger partial charge in [-0.15, -0.1) is 35.0 Å². The van der Waals surface area contributed by atoms with Gasteiger partial charge < -0.3 is 9.47 Å². The number of pyridine rings is 2. The van der Waals surface area contributed by atoms with Crippen LogP contribution in [-0.4, -0.2) is 34.8 Å². The highest BCUT2D eigenvalue weighted by atomic mass is 35.5.